The third kappa shape index (κ3) is 6.19. The first kappa shape index (κ1) is 24.9. The lowest BCUT2D eigenvalue weighted by molar-refractivity contribution is -0.124. The molecule has 2 amide bonds. The van der Waals surface area contributed by atoms with Gasteiger partial charge in [0.1, 0.15) is 0 Å². The van der Waals surface area contributed by atoms with Gasteiger partial charge in [0.05, 0.1) is 4.90 Å². The van der Waals surface area contributed by atoms with Gasteiger partial charge >= 0.3 is 0 Å². The van der Waals surface area contributed by atoms with Crippen LogP contribution in [0.4, 0.5) is 0 Å². The van der Waals surface area contributed by atoms with Crippen LogP contribution in [0.2, 0.25) is 0 Å². The Morgan fingerprint density at radius 2 is 1.79 bits per heavy atom. The minimum atomic E-state index is -3.87. The summed E-state index contributed by atoms with van der Waals surface area (Å²) in [5, 5.41) is 11.4. The van der Waals surface area contributed by atoms with Crippen LogP contribution >= 0.6 is 0 Å². The highest BCUT2D eigenvalue weighted by atomic mass is 32.2. The molecule has 0 aliphatic rings. The van der Waals surface area contributed by atoms with Crippen molar-refractivity contribution in [1.82, 2.24) is 19.7 Å². The van der Waals surface area contributed by atoms with E-state index in [0.29, 0.717) is 23.2 Å². The van der Waals surface area contributed by atoms with Gasteiger partial charge < -0.3 is 10.2 Å². The quantitative estimate of drug-likeness (QED) is 0.244. The van der Waals surface area contributed by atoms with Crippen LogP contribution in [-0.4, -0.2) is 61.5 Å². The molecule has 0 aliphatic heterocycles. The predicted molar refractivity (Wildman–Crippen MR) is 129 cm³/mol. The van der Waals surface area contributed by atoms with E-state index in [2.05, 4.69) is 5.32 Å². The number of hydrogen-bond acceptors (Lipinski definition) is 6. The van der Waals surface area contributed by atoms with Gasteiger partial charge in [0.15, 0.2) is 0 Å². The van der Waals surface area contributed by atoms with Crippen LogP contribution < -0.4 is 10.8 Å². The number of rotatable bonds is 9. The average Bonchev–Trinajstić information content (AvgIpc) is 3.32. The maximum Gasteiger partial charge on any atom is 0.267 e. The molecule has 0 unspecified atom stereocenters. The fourth-order valence-electron chi connectivity index (χ4n) is 3.12. The molecule has 3 aromatic rings. The Bertz CT molecular complexity index is 1290. The van der Waals surface area contributed by atoms with Gasteiger partial charge in [0.25, 0.3) is 21.8 Å². The highest BCUT2D eigenvalue weighted by Crippen LogP contribution is 2.24. The smallest absolute Gasteiger partial charge is 0.267 e. The molecule has 1 aromatic heterocycles. The Morgan fingerprint density at radius 3 is 2.47 bits per heavy atom. The second-order valence-electron chi connectivity index (χ2n) is 7.75. The van der Waals surface area contributed by atoms with Crippen LogP contribution in [0.15, 0.2) is 78.0 Å². The lowest BCUT2D eigenvalue weighted by Crippen LogP contribution is -2.31. The van der Waals surface area contributed by atoms with Crippen molar-refractivity contribution >= 4 is 27.9 Å². The summed E-state index contributed by atoms with van der Waals surface area (Å²) < 4.78 is 27.2. The van der Waals surface area contributed by atoms with E-state index in [1.54, 1.807) is 42.5 Å². The summed E-state index contributed by atoms with van der Waals surface area (Å²) in [6.07, 6.45) is 5.21. The zero-order valence-corrected chi connectivity index (χ0v) is 19.6. The second kappa shape index (κ2) is 10.9. The van der Waals surface area contributed by atoms with Crippen LogP contribution in [-0.2, 0) is 14.8 Å². The first-order valence-corrected chi connectivity index (χ1v) is 11.8. The summed E-state index contributed by atoms with van der Waals surface area (Å²) in [4.78, 5) is 25.5. The number of hydrogen-bond donors (Lipinski definition) is 3. The molecule has 1 heterocycles. The van der Waals surface area contributed by atoms with Crippen molar-refractivity contribution in [2.75, 3.05) is 27.2 Å². The molecule has 0 spiro atoms. The van der Waals surface area contributed by atoms with E-state index >= 15 is 0 Å². The zero-order chi connectivity index (χ0) is 24.7. The SMILES string of the molecule is CN(C)CCNC(=O)c1ccc(-c2cccc(S(=O)(=O)n3ccc(C=CC(=O)NO)c3)c2)cc1. The maximum atomic E-state index is 13.1. The minimum absolute atomic E-state index is 0.0923. The molecule has 0 radical (unpaired) electrons. The summed E-state index contributed by atoms with van der Waals surface area (Å²) in [5.74, 6) is -0.890. The van der Waals surface area contributed by atoms with E-state index in [9.17, 15) is 18.0 Å². The van der Waals surface area contributed by atoms with Crippen molar-refractivity contribution in [3.05, 3.63) is 84.2 Å². The molecule has 0 aliphatic carbocycles. The molecule has 3 rings (SSSR count). The topological polar surface area (TPSA) is 121 Å². The van der Waals surface area contributed by atoms with Crippen molar-refractivity contribution in [2.24, 2.45) is 0 Å². The number of nitrogens with one attached hydrogen (secondary N) is 2. The van der Waals surface area contributed by atoms with Gasteiger partial charge in [0.2, 0.25) is 0 Å². The molecule has 0 saturated carbocycles. The normalized spacial score (nSPS) is 11.6. The third-order valence-electron chi connectivity index (χ3n) is 4.96. The lowest BCUT2D eigenvalue weighted by atomic mass is 10.0. The molecule has 0 saturated heterocycles. The molecular formula is C24H26N4O5S. The monoisotopic (exact) mass is 482 g/mol. The number of benzene rings is 2. The minimum Gasteiger partial charge on any atom is -0.351 e. The molecule has 0 fully saturated rings. The number of amides is 2. The van der Waals surface area contributed by atoms with Crippen LogP contribution in [0.3, 0.4) is 0 Å². The van der Waals surface area contributed by atoms with E-state index in [-0.39, 0.29) is 10.8 Å². The first-order valence-electron chi connectivity index (χ1n) is 10.4. The number of carbonyl (C=O) groups is 2. The average molecular weight is 483 g/mol. The largest absolute Gasteiger partial charge is 0.351 e. The summed E-state index contributed by atoms with van der Waals surface area (Å²) in [6, 6.07) is 15.0. The predicted octanol–water partition coefficient (Wildman–Crippen LogP) is 2.20. The molecule has 178 valence electrons. The molecular weight excluding hydrogens is 456 g/mol. The van der Waals surface area contributed by atoms with Crippen molar-refractivity contribution in [1.29, 1.82) is 0 Å². The van der Waals surface area contributed by atoms with Crippen molar-refractivity contribution in [2.45, 2.75) is 4.90 Å². The van der Waals surface area contributed by atoms with Gasteiger partial charge in [-0.15, -0.1) is 0 Å². The van der Waals surface area contributed by atoms with Gasteiger partial charge in [-0.05, 0) is 67.2 Å². The van der Waals surface area contributed by atoms with Crippen LogP contribution in [0.1, 0.15) is 15.9 Å². The van der Waals surface area contributed by atoms with Crippen LogP contribution in [0, 0.1) is 0 Å². The number of likely N-dealkylation sites (N-methyl/N-ethyl adjacent to an activating group) is 1. The Balaban J connectivity index is 1.78. The van der Waals surface area contributed by atoms with Gasteiger partial charge in [0, 0.05) is 37.1 Å². The maximum absolute atomic E-state index is 13.1. The first-order chi connectivity index (χ1) is 16.2. The standard InChI is InChI=1S/C24H26N4O5S/c1-27(2)15-13-25-24(30)20-9-7-19(8-10-20)21-4-3-5-22(16-21)34(32,33)28-14-12-18(17-28)6-11-23(29)26-31/h3-12,14,16-17,31H,13,15H2,1-2H3,(H,25,30)(H,26,29). The molecule has 10 heteroatoms. The molecule has 0 atom stereocenters. The van der Waals surface area contributed by atoms with Crippen molar-refractivity contribution < 1.29 is 23.2 Å². The van der Waals surface area contributed by atoms with Gasteiger partial charge in [-0.3, -0.25) is 14.8 Å². The number of hydroxylamine groups is 1. The Labute approximate surface area is 198 Å². The Kier molecular flexibility index (Phi) is 8.00. The van der Waals surface area contributed by atoms with E-state index < -0.39 is 15.9 Å². The molecule has 0 bridgehead atoms. The summed E-state index contributed by atoms with van der Waals surface area (Å²) in [6.45, 7) is 1.28. The van der Waals surface area contributed by atoms with Crippen LogP contribution in [0.25, 0.3) is 17.2 Å². The lowest BCUT2D eigenvalue weighted by Gasteiger charge is -2.11. The third-order valence-corrected chi connectivity index (χ3v) is 6.59. The number of aromatic nitrogens is 1. The van der Waals surface area contributed by atoms with E-state index in [0.717, 1.165) is 22.2 Å². The van der Waals surface area contributed by atoms with E-state index in [4.69, 9.17) is 5.21 Å². The molecule has 3 N–H and O–H groups in total. The Hall–Kier alpha value is -3.73. The van der Waals surface area contributed by atoms with Crippen molar-refractivity contribution in [3.63, 3.8) is 0 Å². The molecule has 2 aromatic carbocycles. The molecule has 9 nitrogen and oxygen atoms in total. The van der Waals surface area contributed by atoms with E-state index in [1.165, 1.54) is 36.1 Å². The van der Waals surface area contributed by atoms with Gasteiger partial charge in [-0.1, -0.05) is 24.3 Å². The second-order valence-corrected chi connectivity index (χ2v) is 9.60. The summed E-state index contributed by atoms with van der Waals surface area (Å²) in [5.41, 5.74) is 3.92. The van der Waals surface area contributed by atoms with Crippen LogP contribution in [0.5, 0.6) is 0 Å². The van der Waals surface area contributed by atoms with E-state index in [1.807, 2.05) is 19.0 Å². The summed E-state index contributed by atoms with van der Waals surface area (Å²) in [7, 11) is -0.00454. The number of carbonyl (C=O) groups excluding carboxylic acids is 2. The Morgan fingerprint density at radius 1 is 1.06 bits per heavy atom. The summed E-state index contributed by atoms with van der Waals surface area (Å²) >= 11 is 0. The fourth-order valence-corrected chi connectivity index (χ4v) is 4.37. The molecule has 34 heavy (non-hydrogen) atoms. The highest BCUT2D eigenvalue weighted by Gasteiger charge is 2.17. The van der Waals surface area contributed by atoms with Gasteiger partial charge in [-0.2, -0.15) is 0 Å². The fraction of sp³-hybridized carbons (Fsp3) is 0.167. The number of nitrogens with zero attached hydrogens (tertiary/aromatic N) is 2. The zero-order valence-electron chi connectivity index (χ0n) is 18.8. The van der Waals surface area contributed by atoms with Crippen molar-refractivity contribution in [3.8, 4) is 11.1 Å². The highest BCUT2D eigenvalue weighted by molar-refractivity contribution is 7.90. The van der Waals surface area contributed by atoms with Gasteiger partial charge in [-0.25, -0.2) is 17.9 Å².